The summed E-state index contributed by atoms with van der Waals surface area (Å²) in [5, 5.41) is 0. The highest BCUT2D eigenvalue weighted by Crippen LogP contribution is 2.25. The molecule has 1 aliphatic heterocycles. The van der Waals surface area contributed by atoms with Gasteiger partial charge in [-0.3, -0.25) is 4.90 Å². The van der Waals surface area contributed by atoms with Crippen LogP contribution in [0.3, 0.4) is 0 Å². The Kier molecular flexibility index (Phi) is 5.22. The van der Waals surface area contributed by atoms with Crippen molar-refractivity contribution in [2.24, 2.45) is 0 Å². The molecule has 1 aromatic rings. The van der Waals surface area contributed by atoms with Crippen LogP contribution in [0.4, 0.5) is 0 Å². The number of sulfonamides is 1. The van der Waals surface area contributed by atoms with Gasteiger partial charge in [0.1, 0.15) is 4.21 Å². The Morgan fingerprint density at radius 2 is 2.16 bits per heavy atom. The number of nitrogens with zero attached hydrogens (tertiary/aromatic N) is 1. The average Bonchev–Trinajstić information content (AvgIpc) is 2.85. The minimum Gasteiger partial charge on any atom is -0.379 e. The fourth-order valence-corrected chi connectivity index (χ4v) is 4.54. The van der Waals surface area contributed by atoms with Crippen molar-refractivity contribution in [1.82, 2.24) is 9.62 Å². The zero-order chi connectivity index (χ0) is 13.9. The fraction of sp³-hybridized carbons (Fsp3) is 0.636. The molecular weight excluding hydrogens is 308 g/mol. The van der Waals surface area contributed by atoms with Crippen molar-refractivity contribution in [2.45, 2.75) is 17.2 Å². The van der Waals surface area contributed by atoms with Crippen molar-refractivity contribution in [3.63, 3.8) is 0 Å². The molecule has 5 nitrogen and oxygen atoms in total. The summed E-state index contributed by atoms with van der Waals surface area (Å²) in [6.07, 6.45) is 0. The van der Waals surface area contributed by atoms with E-state index in [1.807, 2.05) is 6.92 Å². The van der Waals surface area contributed by atoms with Crippen LogP contribution in [0.5, 0.6) is 0 Å². The SMILES string of the molecule is CC(CNS(=O)(=O)c1ccc(Cl)s1)N1CCOCC1. The number of hydrogen-bond donors (Lipinski definition) is 1. The molecule has 1 N–H and O–H groups in total. The van der Waals surface area contributed by atoms with Crippen LogP contribution < -0.4 is 4.72 Å². The zero-order valence-electron chi connectivity index (χ0n) is 10.6. The first kappa shape index (κ1) is 15.2. The smallest absolute Gasteiger partial charge is 0.250 e. The number of hydrogen-bond acceptors (Lipinski definition) is 5. The van der Waals surface area contributed by atoms with Gasteiger partial charge >= 0.3 is 0 Å². The van der Waals surface area contributed by atoms with Crippen LogP contribution in [-0.4, -0.2) is 52.2 Å². The van der Waals surface area contributed by atoms with E-state index in [0.717, 1.165) is 24.4 Å². The normalized spacial score (nSPS) is 19.5. The quantitative estimate of drug-likeness (QED) is 0.889. The maximum atomic E-state index is 12.0. The molecule has 0 spiro atoms. The maximum Gasteiger partial charge on any atom is 0.250 e. The summed E-state index contributed by atoms with van der Waals surface area (Å²) in [6, 6.07) is 3.26. The lowest BCUT2D eigenvalue weighted by molar-refractivity contribution is 0.0213. The van der Waals surface area contributed by atoms with Gasteiger partial charge in [-0.25, -0.2) is 13.1 Å². The molecule has 1 aromatic heterocycles. The molecule has 8 heteroatoms. The minimum absolute atomic E-state index is 0.147. The first-order chi connectivity index (χ1) is 8.99. The summed E-state index contributed by atoms with van der Waals surface area (Å²) in [5.74, 6) is 0. The van der Waals surface area contributed by atoms with E-state index in [9.17, 15) is 8.42 Å². The molecule has 1 unspecified atom stereocenters. The fourth-order valence-electron chi connectivity index (χ4n) is 1.89. The molecule has 0 bridgehead atoms. The van der Waals surface area contributed by atoms with Crippen LogP contribution in [0.1, 0.15) is 6.92 Å². The number of nitrogens with one attached hydrogen (secondary N) is 1. The van der Waals surface area contributed by atoms with Crippen molar-refractivity contribution in [2.75, 3.05) is 32.8 Å². The number of ether oxygens (including phenoxy) is 1. The van der Waals surface area contributed by atoms with Crippen molar-refractivity contribution in [3.8, 4) is 0 Å². The molecule has 0 aliphatic carbocycles. The predicted molar refractivity (Wildman–Crippen MR) is 76.4 cm³/mol. The van der Waals surface area contributed by atoms with E-state index in [-0.39, 0.29) is 10.3 Å². The average molecular weight is 325 g/mol. The van der Waals surface area contributed by atoms with Gasteiger partial charge in [-0.05, 0) is 19.1 Å². The van der Waals surface area contributed by atoms with Crippen LogP contribution in [0, 0.1) is 0 Å². The third-order valence-corrected chi connectivity index (χ3v) is 6.20. The second kappa shape index (κ2) is 6.51. The molecule has 19 heavy (non-hydrogen) atoms. The van der Waals surface area contributed by atoms with Gasteiger partial charge in [-0.2, -0.15) is 0 Å². The standard InChI is InChI=1S/C11H17ClN2O3S2/c1-9(14-4-6-17-7-5-14)8-13-19(15,16)11-3-2-10(12)18-11/h2-3,9,13H,4-8H2,1H3. The highest BCUT2D eigenvalue weighted by molar-refractivity contribution is 7.91. The third-order valence-electron chi connectivity index (χ3n) is 3.05. The van der Waals surface area contributed by atoms with Crippen LogP contribution in [0.2, 0.25) is 4.34 Å². The Labute approximate surface area is 122 Å². The van der Waals surface area contributed by atoms with Gasteiger partial charge in [0.2, 0.25) is 10.0 Å². The van der Waals surface area contributed by atoms with Crippen molar-refractivity contribution in [1.29, 1.82) is 0 Å². The van der Waals surface area contributed by atoms with Crippen LogP contribution in [0.25, 0.3) is 0 Å². The highest BCUT2D eigenvalue weighted by atomic mass is 35.5. The van der Waals surface area contributed by atoms with E-state index in [1.54, 1.807) is 6.07 Å². The molecule has 108 valence electrons. The Balaban J connectivity index is 1.90. The molecule has 2 heterocycles. The number of morpholine rings is 1. The molecule has 0 saturated carbocycles. The zero-order valence-corrected chi connectivity index (χ0v) is 13.0. The third kappa shape index (κ3) is 4.14. The second-order valence-electron chi connectivity index (χ2n) is 4.41. The van der Waals surface area contributed by atoms with E-state index in [2.05, 4.69) is 9.62 Å². The first-order valence-corrected chi connectivity index (χ1v) is 8.73. The topological polar surface area (TPSA) is 58.6 Å². The molecule has 1 aliphatic rings. The molecule has 1 saturated heterocycles. The molecule has 0 radical (unpaired) electrons. The molecule has 0 aromatic carbocycles. The Bertz CT molecular complexity index is 512. The van der Waals surface area contributed by atoms with E-state index in [0.29, 0.717) is 24.1 Å². The van der Waals surface area contributed by atoms with Gasteiger partial charge in [0.25, 0.3) is 0 Å². The highest BCUT2D eigenvalue weighted by Gasteiger charge is 2.21. The van der Waals surface area contributed by atoms with Crippen LogP contribution >= 0.6 is 22.9 Å². The van der Waals surface area contributed by atoms with E-state index < -0.39 is 10.0 Å². The van der Waals surface area contributed by atoms with Crippen LogP contribution in [-0.2, 0) is 14.8 Å². The summed E-state index contributed by atoms with van der Waals surface area (Å²) in [6.45, 7) is 5.49. The Morgan fingerprint density at radius 1 is 1.47 bits per heavy atom. The maximum absolute atomic E-state index is 12.0. The largest absolute Gasteiger partial charge is 0.379 e. The lowest BCUT2D eigenvalue weighted by Gasteiger charge is -2.32. The van der Waals surface area contributed by atoms with E-state index >= 15 is 0 Å². The van der Waals surface area contributed by atoms with Gasteiger partial charge in [-0.15, -0.1) is 11.3 Å². The second-order valence-corrected chi connectivity index (χ2v) is 8.12. The summed E-state index contributed by atoms with van der Waals surface area (Å²) in [5.41, 5.74) is 0. The molecule has 0 amide bonds. The monoisotopic (exact) mass is 324 g/mol. The van der Waals surface area contributed by atoms with Crippen molar-refractivity contribution < 1.29 is 13.2 Å². The minimum atomic E-state index is -3.45. The predicted octanol–water partition coefficient (Wildman–Crippen LogP) is 1.40. The van der Waals surface area contributed by atoms with Gasteiger partial charge in [0.05, 0.1) is 17.6 Å². The molecule has 1 atom stereocenters. The van der Waals surface area contributed by atoms with Crippen molar-refractivity contribution in [3.05, 3.63) is 16.5 Å². The summed E-state index contributed by atoms with van der Waals surface area (Å²) in [4.78, 5) is 2.22. The summed E-state index contributed by atoms with van der Waals surface area (Å²) >= 11 is 6.82. The van der Waals surface area contributed by atoms with Gasteiger partial charge in [0.15, 0.2) is 0 Å². The van der Waals surface area contributed by atoms with Crippen LogP contribution in [0.15, 0.2) is 16.3 Å². The summed E-state index contributed by atoms with van der Waals surface area (Å²) in [7, 11) is -3.45. The molecular formula is C11H17ClN2O3S2. The Hall–Kier alpha value is -0.180. The van der Waals surface area contributed by atoms with E-state index in [1.165, 1.54) is 6.07 Å². The number of thiophene rings is 1. The first-order valence-electron chi connectivity index (χ1n) is 6.06. The Morgan fingerprint density at radius 3 is 2.74 bits per heavy atom. The molecule has 2 rings (SSSR count). The van der Waals surface area contributed by atoms with Crippen molar-refractivity contribution >= 4 is 33.0 Å². The summed E-state index contributed by atoms with van der Waals surface area (Å²) < 4.78 is 32.7. The van der Waals surface area contributed by atoms with Gasteiger partial charge in [0, 0.05) is 25.7 Å². The lowest BCUT2D eigenvalue weighted by atomic mass is 10.2. The number of halogens is 1. The lowest BCUT2D eigenvalue weighted by Crippen LogP contribution is -2.47. The number of rotatable bonds is 5. The van der Waals surface area contributed by atoms with Gasteiger partial charge < -0.3 is 4.74 Å². The molecule has 1 fully saturated rings. The van der Waals surface area contributed by atoms with Gasteiger partial charge in [-0.1, -0.05) is 11.6 Å². The van der Waals surface area contributed by atoms with E-state index in [4.69, 9.17) is 16.3 Å².